The Hall–Kier alpha value is -3.13. The van der Waals surface area contributed by atoms with Crippen LogP contribution in [-0.2, 0) is 0 Å². The Morgan fingerprint density at radius 1 is 0.750 bits per heavy atom. The number of hydrogen-bond donors (Lipinski definition) is 0. The van der Waals surface area contributed by atoms with Crippen LogP contribution >= 0.6 is 0 Å². The lowest BCUT2D eigenvalue weighted by molar-refractivity contribution is 1.05. The third kappa shape index (κ3) is 2.63. The van der Waals surface area contributed by atoms with Crippen LogP contribution in [0, 0.1) is 0 Å². The highest BCUT2D eigenvalue weighted by molar-refractivity contribution is 6.18. The van der Waals surface area contributed by atoms with E-state index in [2.05, 4.69) is 78.7 Å². The van der Waals surface area contributed by atoms with Gasteiger partial charge in [0.15, 0.2) is 0 Å². The minimum absolute atomic E-state index is 0.943. The van der Waals surface area contributed by atoms with Gasteiger partial charge >= 0.3 is 0 Å². The van der Waals surface area contributed by atoms with E-state index in [4.69, 9.17) is 4.99 Å². The quantitative estimate of drug-likeness (QED) is 0.652. The number of rotatable bonds is 2. The first-order valence-electron chi connectivity index (χ1n) is 8.07. The van der Waals surface area contributed by atoms with Crippen LogP contribution in [0.3, 0.4) is 0 Å². The number of nitrogens with zero attached hydrogens (tertiary/aromatic N) is 2. The van der Waals surface area contributed by atoms with Gasteiger partial charge in [0.1, 0.15) is 5.82 Å². The van der Waals surface area contributed by atoms with E-state index in [0.29, 0.717) is 0 Å². The van der Waals surface area contributed by atoms with E-state index in [-0.39, 0.29) is 0 Å². The Bertz CT molecular complexity index is 909. The molecule has 2 heteroatoms. The maximum atomic E-state index is 4.97. The fourth-order valence-corrected chi connectivity index (χ4v) is 2.98. The molecule has 0 saturated carbocycles. The topological polar surface area (TPSA) is 15.6 Å². The van der Waals surface area contributed by atoms with Crippen molar-refractivity contribution < 1.29 is 0 Å². The highest BCUT2D eigenvalue weighted by atomic mass is 15.2. The van der Waals surface area contributed by atoms with Crippen molar-refractivity contribution in [3.8, 4) is 0 Å². The summed E-state index contributed by atoms with van der Waals surface area (Å²) >= 11 is 0. The van der Waals surface area contributed by atoms with E-state index < -0.39 is 0 Å². The minimum atomic E-state index is 0.943. The Kier molecular flexibility index (Phi) is 3.72. The van der Waals surface area contributed by atoms with Crippen LogP contribution in [0.25, 0.3) is 6.08 Å². The number of benzene rings is 3. The number of anilines is 1. The van der Waals surface area contributed by atoms with Gasteiger partial charge < -0.3 is 4.90 Å². The van der Waals surface area contributed by atoms with Gasteiger partial charge in [0.25, 0.3) is 0 Å². The highest BCUT2D eigenvalue weighted by Crippen LogP contribution is 2.32. The van der Waals surface area contributed by atoms with Crippen molar-refractivity contribution in [2.24, 2.45) is 4.99 Å². The largest absolute Gasteiger partial charge is 0.329 e. The molecule has 3 aromatic carbocycles. The predicted octanol–water partition coefficient (Wildman–Crippen LogP) is 4.97. The molecule has 0 N–H and O–H groups in total. The molecule has 0 fully saturated rings. The van der Waals surface area contributed by atoms with Crippen LogP contribution in [-0.4, -0.2) is 12.8 Å². The van der Waals surface area contributed by atoms with Crippen molar-refractivity contribution in [1.82, 2.24) is 0 Å². The van der Waals surface area contributed by atoms with Gasteiger partial charge in [-0.25, -0.2) is 4.99 Å². The third-order valence-electron chi connectivity index (χ3n) is 4.23. The molecule has 24 heavy (non-hydrogen) atoms. The number of para-hydroxylation sites is 1. The van der Waals surface area contributed by atoms with Crippen LogP contribution in [0.2, 0.25) is 0 Å². The van der Waals surface area contributed by atoms with E-state index in [1.807, 2.05) is 24.3 Å². The second kappa shape index (κ2) is 6.17. The van der Waals surface area contributed by atoms with Crippen LogP contribution in [0.4, 0.5) is 5.69 Å². The Labute approximate surface area is 142 Å². The van der Waals surface area contributed by atoms with Crippen molar-refractivity contribution in [2.75, 3.05) is 11.9 Å². The molecule has 2 nitrogen and oxygen atoms in total. The molecule has 0 aliphatic carbocycles. The van der Waals surface area contributed by atoms with Gasteiger partial charge in [-0.3, -0.25) is 0 Å². The molecule has 0 saturated heterocycles. The van der Waals surface area contributed by atoms with Crippen LogP contribution in [0.5, 0.6) is 0 Å². The summed E-state index contributed by atoms with van der Waals surface area (Å²) in [6.07, 6.45) is 2.12. The summed E-state index contributed by atoms with van der Waals surface area (Å²) in [5.74, 6) is 0.943. The number of hydrogen-bond acceptors (Lipinski definition) is 2. The highest BCUT2D eigenvalue weighted by Gasteiger charge is 2.21. The molecule has 4 rings (SSSR count). The second-order valence-corrected chi connectivity index (χ2v) is 5.82. The molecule has 0 aromatic heterocycles. The summed E-state index contributed by atoms with van der Waals surface area (Å²) in [5.41, 5.74) is 5.64. The summed E-state index contributed by atoms with van der Waals surface area (Å²) in [6.45, 7) is 0. The van der Waals surface area contributed by atoms with E-state index in [0.717, 1.165) is 28.2 Å². The van der Waals surface area contributed by atoms with Gasteiger partial charge in [0.05, 0.1) is 11.4 Å². The molecule has 116 valence electrons. The molecule has 0 bridgehead atoms. The molecular weight excluding hydrogens is 292 g/mol. The zero-order valence-corrected chi connectivity index (χ0v) is 13.6. The first-order valence-corrected chi connectivity index (χ1v) is 8.07. The van der Waals surface area contributed by atoms with Gasteiger partial charge in [0, 0.05) is 18.2 Å². The minimum Gasteiger partial charge on any atom is -0.329 e. The summed E-state index contributed by atoms with van der Waals surface area (Å²) in [4.78, 5) is 7.12. The van der Waals surface area contributed by atoms with Crippen LogP contribution in [0.15, 0.2) is 95.7 Å². The summed E-state index contributed by atoms with van der Waals surface area (Å²) in [7, 11) is 2.07. The van der Waals surface area contributed by atoms with Crippen LogP contribution in [0.1, 0.15) is 16.7 Å². The lowest BCUT2D eigenvalue weighted by Crippen LogP contribution is -2.24. The van der Waals surface area contributed by atoms with E-state index >= 15 is 0 Å². The SMILES string of the molecule is CN1/C(=C\c2ccccc2)N=C(c2ccccc2)c2ccccc21. The fraction of sp³-hybridized carbons (Fsp3) is 0.0455. The third-order valence-corrected chi connectivity index (χ3v) is 4.23. The normalized spacial score (nSPS) is 15.1. The lowest BCUT2D eigenvalue weighted by Gasteiger charge is -2.28. The molecule has 0 amide bonds. The lowest BCUT2D eigenvalue weighted by atomic mass is 9.98. The maximum absolute atomic E-state index is 4.97. The first-order chi connectivity index (χ1) is 11.8. The van der Waals surface area contributed by atoms with Crippen molar-refractivity contribution in [3.05, 3.63) is 107 Å². The predicted molar refractivity (Wildman–Crippen MR) is 101 cm³/mol. The van der Waals surface area contributed by atoms with Crippen molar-refractivity contribution >= 4 is 17.5 Å². The number of fused-ring (bicyclic) bond motifs is 1. The van der Waals surface area contributed by atoms with E-state index in [1.165, 1.54) is 5.69 Å². The summed E-state index contributed by atoms with van der Waals surface area (Å²) < 4.78 is 0. The number of aliphatic imine (C=N–C) groups is 1. The standard InChI is InChI=1S/C22H18N2/c1-24-20-15-9-8-14-19(20)22(18-12-6-3-7-13-18)23-21(24)16-17-10-4-2-5-11-17/h2-16H,1H3/b21-16-. The fourth-order valence-electron chi connectivity index (χ4n) is 2.98. The summed E-state index contributed by atoms with van der Waals surface area (Å²) in [6, 6.07) is 29.1. The molecule has 0 atom stereocenters. The molecule has 0 unspecified atom stereocenters. The van der Waals surface area contributed by atoms with Gasteiger partial charge in [-0.15, -0.1) is 0 Å². The first kappa shape index (κ1) is 14.5. The van der Waals surface area contributed by atoms with Crippen molar-refractivity contribution in [2.45, 2.75) is 0 Å². The average molecular weight is 310 g/mol. The van der Waals surface area contributed by atoms with Gasteiger partial charge in [-0.05, 0) is 17.7 Å². The van der Waals surface area contributed by atoms with E-state index in [1.54, 1.807) is 0 Å². The van der Waals surface area contributed by atoms with Crippen molar-refractivity contribution in [3.63, 3.8) is 0 Å². The second-order valence-electron chi connectivity index (χ2n) is 5.82. The average Bonchev–Trinajstić information content (AvgIpc) is 2.66. The molecule has 1 aliphatic heterocycles. The van der Waals surface area contributed by atoms with Gasteiger partial charge in [-0.1, -0.05) is 78.9 Å². The van der Waals surface area contributed by atoms with Gasteiger partial charge in [-0.2, -0.15) is 0 Å². The zero-order chi connectivity index (χ0) is 16.4. The van der Waals surface area contributed by atoms with Crippen molar-refractivity contribution in [1.29, 1.82) is 0 Å². The molecule has 1 heterocycles. The Morgan fingerprint density at radius 2 is 1.38 bits per heavy atom. The van der Waals surface area contributed by atoms with E-state index in [9.17, 15) is 0 Å². The molecule has 1 aliphatic rings. The van der Waals surface area contributed by atoms with Crippen LogP contribution < -0.4 is 4.90 Å². The Balaban J connectivity index is 1.89. The zero-order valence-electron chi connectivity index (χ0n) is 13.6. The monoisotopic (exact) mass is 310 g/mol. The smallest absolute Gasteiger partial charge is 0.134 e. The molecule has 0 spiro atoms. The van der Waals surface area contributed by atoms with Gasteiger partial charge in [0.2, 0.25) is 0 Å². The maximum Gasteiger partial charge on any atom is 0.134 e. The summed E-state index contributed by atoms with van der Waals surface area (Å²) in [5, 5.41) is 0. The molecule has 0 radical (unpaired) electrons. The molecule has 3 aromatic rings. The molecular formula is C22H18N2. The Morgan fingerprint density at radius 3 is 2.12 bits per heavy atom.